The zero-order valence-electron chi connectivity index (χ0n) is 12.3. The van der Waals surface area contributed by atoms with Crippen LogP contribution < -0.4 is 0 Å². The van der Waals surface area contributed by atoms with Gasteiger partial charge in [-0.25, -0.2) is 0 Å². The maximum atomic E-state index is 4.72. The van der Waals surface area contributed by atoms with Crippen molar-refractivity contribution in [3.05, 3.63) is 41.7 Å². The van der Waals surface area contributed by atoms with Gasteiger partial charge in [-0.15, -0.1) is 0 Å². The minimum Gasteiger partial charge on any atom is -0.266 e. The van der Waals surface area contributed by atoms with Crippen molar-refractivity contribution in [1.29, 1.82) is 0 Å². The summed E-state index contributed by atoms with van der Waals surface area (Å²) in [6.07, 6.45) is 0. The quantitative estimate of drug-likeness (QED) is 0.689. The van der Waals surface area contributed by atoms with Crippen LogP contribution in [-0.2, 0) is 21.1 Å². The Balaban J connectivity index is 0.00000180. The summed E-state index contributed by atoms with van der Waals surface area (Å²) < 4.78 is 2.17. The minimum absolute atomic E-state index is 0. The van der Waals surface area contributed by atoms with Gasteiger partial charge in [0.2, 0.25) is 0 Å². The molecule has 0 amide bonds. The maximum Gasteiger partial charge on any atom is 0.0675 e. The fraction of sp³-hybridized carbons (Fsp3) is 0.438. The molecule has 19 heavy (non-hydrogen) atoms. The summed E-state index contributed by atoms with van der Waals surface area (Å²) in [5, 5.41) is 4.72. The third-order valence-corrected chi connectivity index (χ3v) is 3.22. The largest absolute Gasteiger partial charge is 0.266 e. The number of benzene rings is 1. The average molecular weight is 437 g/mol. The van der Waals surface area contributed by atoms with Gasteiger partial charge >= 0.3 is 0 Å². The molecule has 0 saturated heterocycles. The van der Waals surface area contributed by atoms with Crippen LogP contribution in [0.4, 0.5) is 0 Å². The smallest absolute Gasteiger partial charge is 0.0675 e. The van der Waals surface area contributed by atoms with Crippen molar-refractivity contribution in [2.75, 3.05) is 0 Å². The van der Waals surface area contributed by atoms with Crippen molar-refractivity contribution >= 4 is 0 Å². The molecular formula is C16H22N2Pt. The fourth-order valence-electron chi connectivity index (χ4n) is 2.47. The molecule has 0 aliphatic carbocycles. The van der Waals surface area contributed by atoms with Crippen LogP contribution >= 0.6 is 0 Å². The molecule has 106 valence electrons. The van der Waals surface area contributed by atoms with E-state index in [1.165, 1.54) is 16.8 Å². The Labute approximate surface area is 130 Å². The number of aryl methyl sites for hydroxylation is 1. The maximum absolute atomic E-state index is 4.72. The predicted molar refractivity (Wildman–Crippen MR) is 76.9 cm³/mol. The first kappa shape index (κ1) is 16.2. The zero-order valence-corrected chi connectivity index (χ0v) is 14.5. The van der Waals surface area contributed by atoms with Gasteiger partial charge in [-0.3, -0.25) is 4.68 Å². The first-order valence-electron chi connectivity index (χ1n) is 6.66. The molecule has 1 heterocycles. The second kappa shape index (κ2) is 6.52. The molecule has 0 N–H and O–H groups in total. The molecule has 2 rings (SSSR count). The molecule has 3 heteroatoms. The van der Waals surface area contributed by atoms with Gasteiger partial charge in [-0.1, -0.05) is 44.2 Å². The van der Waals surface area contributed by atoms with E-state index >= 15 is 0 Å². The molecule has 2 nitrogen and oxygen atoms in total. The van der Waals surface area contributed by atoms with E-state index in [0.29, 0.717) is 12.0 Å². The zero-order chi connectivity index (χ0) is 13.3. The summed E-state index contributed by atoms with van der Waals surface area (Å²) in [6.45, 7) is 11.0. The summed E-state index contributed by atoms with van der Waals surface area (Å²) in [7, 11) is 0. The van der Waals surface area contributed by atoms with Gasteiger partial charge in [0.15, 0.2) is 0 Å². The molecule has 0 fully saturated rings. The number of nitrogens with zero attached hydrogens (tertiary/aromatic N) is 2. The molecule has 0 bridgehead atoms. The molecule has 1 aromatic carbocycles. The third-order valence-electron chi connectivity index (χ3n) is 3.22. The third kappa shape index (κ3) is 3.17. The van der Waals surface area contributed by atoms with Crippen molar-refractivity contribution < 1.29 is 21.1 Å². The van der Waals surface area contributed by atoms with Crippen LogP contribution in [0.1, 0.15) is 51.0 Å². The monoisotopic (exact) mass is 437 g/mol. The molecule has 0 aliphatic heterocycles. The van der Waals surface area contributed by atoms with Crippen molar-refractivity contribution in [2.45, 2.75) is 46.6 Å². The summed E-state index contributed by atoms with van der Waals surface area (Å²) in [6, 6.07) is 11.0. The fourth-order valence-corrected chi connectivity index (χ4v) is 2.47. The van der Waals surface area contributed by atoms with Crippen molar-refractivity contribution in [2.24, 2.45) is 0 Å². The van der Waals surface area contributed by atoms with Crippen molar-refractivity contribution in [3.8, 4) is 11.1 Å². The van der Waals surface area contributed by atoms with Gasteiger partial charge in [0.1, 0.15) is 0 Å². The van der Waals surface area contributed by atoms with E-state index < -0.39 is 0 Å². The van der Waals surface area contributed by atoms with E-state index in [0.717, 1.165) is 5.69 Å². The Morgan fingerprint density at radius 1 is 1.00 bits per heavy atom. The second-order valence-electron chi connectivity index (χ2n) is 5.40. The van der Waals surface area contributed by atoms with Gasteiger partial charge in [0.05, 0.1) is 5.69 Å². The molecule has 2 aromatic rings. The molecule has 0 spiro atoms. The second-order valence-corrected chi connectivity index (χ2v) is 5.40. The summed E-state index contributed by atoms with van der Waals surface area (Å²) >= 11 is 0. The van der Waals surface area contributed by atoms with E-state index in [-0.39, 0.29) is 21.1 Å². The van der Waals surface area contributed by atoms with Crippen LogP contribution in [0.3, 0.4) is 0 Å². The van der Waals surface area contributed by atoms with Crippen LogP contribution in [0.25, 0.3) is 11.1 Å². The molecule has 1 aromatic heterocycles. The topological polar surface area (TPSA) is 17.8 Å². The Bertz CT molecular complexity index is 527. The SMILES string of the molecule is Cc1nn(C(C)C)c(C(C)C)c1-c1ccccc1.[Pt]. The van der Waals surface area contributed by atoms with Crippen LogP contribution in [0.2, 0.25) is 0 Å². The molecule has 0 aliphatic rings. The predicted octanol–water partition coefficient (Wildman–Crippen LogP) is 4.56. The first-order chi connectivity index (χ1) is 8.52. The van der Waals surface area contributed by atoms with E-state index in [1.54, 1.807) is 0 Å². The number of hydrogen-bond acceptors (Lipinski definition) is 1. The Kier molecular flexibility index (Phi) is 5.55. The summed E-state index contributed by atoms with van der Waals surface area (Å²) in [5.74, 6) is 0.476. The molecule has 0 saturated carbocycles. The average Bonchev–Trinajstić information content (AvgIpc) is 2.68. The van der Waals surface area contributed by atoms with Crippen molar-refractivity contribution in [3.63, 3.8) is 0 Å². The normalized spacial score (nSPS) is 10.9. The standard InChI is InChI=1S/C16H22N2.Pt/c1-11(2)16-15(14-9-7-6-8-10-14)13(5)17-18(16)12(3)4;/h6-12H,1-5H3;. The van der Waals surface area contributed by atoms with E-state index in [9.17, 15) is 0 Å². The van der Waals surface area contributed by atoms with Crippen LogP contribution in [0.5, 0.6) is 0 Å². The Morgan fingerprint density at radius 2 is 1.58 bits per heavy atom. The Morgan fingerprint density at radius 3 is 2.05 bits per heavy atom. The van der Waals surface area contributed by atoms with Crippen LogP contribution in [-0.4, -0.2) is 9.78 Å². The van der Waals surface area contributed by atoms with Gasteiger partial charge < -0.3 is 0 Å². The van der Waals surface area contributed by atoms with Crippen LogP contribution in [0, 0.1) is 6.92 Å². The molecule has 0 atom stereocenters. The van der Waals surface area contributed by atoms with E-state index in [1.807, 2.05) is 0 Å². The Hall–Kier alpha value is -0.882. The van der Waals surface area contributed by atoms with Gasteiger partial charge in [0, 0.05) is 38.4 Å². The van der Waals surface area contributed by atoms with Gasteiger partial charge in [-0.05, 0) is 32.3 Å². The molecule has 0 unspecified atom stereocenters. The minimum atomic E-state index is 0. The van der Waals surface area contributed by atoms with Gasteiger partial charge in [0.25, 0.3) is 0 Å². The number of hydrogen-bond donors (Lipinski definition) is 0. The van der Waals surface area contributed by atoms with E-state index in [4.69, 9.17) is 5.10 Å². The molecule has 0 radical (unpaired) electrons. The van der Waals surface area contributed by atoms with Gasteiger partial charge in [-0.2, -0.15) is 5.10 Å². The van der Waals surface area contributed by atoms with Crippen molar-refractivity contribution in [1.82, 2.24) is 9.78 Å². The summed E-state index contributed by atoms with van der Waals surface area (Å²) in [5.41, 5.74) is 5.04. The number of aromatic nitrogens is 2. The van der Waals surface area contributed by atoms with Crippen LogP contribution in [0.15, 0.2) is 30.3 Å². The summed E-state index contributed by atoms with van der Waals surface area (Å²) in [4.78, 5) is 0. The van der Waals surface area contributed by atoms with E-state index in [2.05, 4.69) is 69.6 Å². The first-order valence-corrected chi connectivity index (χ1v) is 6.66. The molecular weight excluding hydrogens is 415 g/mol. The number of rotatable bonds is 3.